The van der Waals surface area contributed by atoms with Crippen LogP contribution in [0.3, 0.4) is 0 Å². The molecule has 8 atom stereocenters. The molecule has 0 radical (unpaired) electrons. The van der Waals surface area contributed by atoms with Crippen molar-refractivity contribution in [1.82, 2.24) is 19.7 Å². The third-order valence-electron chi connectivity index (χ3n) is 16.3. The van der Waals surface area contributed by atoms with Crippen molar-refractivity contribution in [2.24, 2.45) is 56.5 Å². The topological polar surface area (TPSA) is 150 Å². The molecule has 55 heavy (non-hydrogen) atoms. The van der Waals surface area contributed by atoms with Crippen molar-refractivity contribution < 1.29 is 28.6 Å². The smallest absolute Gasteiger partial charge is 0.309 e. The van der Waals surface area contributed by atoms with E-state index >= 15 is 0 Å². The van der Waals surface area contributed by atoms with Crippen molar-refractivity contribution in [3.8, 4) is 11.5 Å². The van der Waals surface area contributed by atoms with Crippen LogP contribution >= 0.6 is 0 Å². The fourth-order valence-electron chi connectivity index (χ4n) is 13.4. The van der Waals surface area contributed by atoms with E-state index in [1.165, 1.54) is 17.8 Å². The number of rotatable bonds is 9. The summed E-state index contributed by atoms with van der Waals surface area (Å²) in [5.41, 5.74) is 6.91. The number of pyridine rings is 1. The number of ketones is 1. The summed E-state index contributed by atoms with van der Waals surface area (Å²) < 4.78 is 22.1. The van der Waals surface area contributed by atoms with Gasteiger partial charge < -0.3 is 20.1 Å². The second kappa shape index (κ2) is 13.3. The zero-order valence-corrected chi connectivity index (χ0v) is 34.4. The molecular formula is C44H62FN5O5. The average Bonchev–Trinajstić information content (AvgIpc) is 3.65. The van der Waals surface area contributed by atoms with Crippen molar-refractivity contribution >= 4 is 17.7 Å². The van der Waals surface area contributed by atoms with E-state index in [4.69, 9.17) is 15.6 Å². The number of Topliss-reactive ketones (excluding diaryl/α,β-unsaturated/α-hetero) is 1. The van der Waals surface area contributed by atoms with Crippen molar-refractivity contribution in [2.45, 2.75) is 145 Å². The van der Waals surface area contributed by atoms with Gasteiger partial charge in [-0.3, -0.25) is 14.4 Å². The van der Waals surface area contributed by atoms with Crippen LogP contribution in [0.25, 0.3) is 11.5 Å². The molecule has 0 aromatic carbocycles. The van der Waals surface area contributed by atoms with E-state index in [2.05, 4.69) is 63.1 Å². The van der Waals surface area contributed by atoms with Gasteiger partial charge >= 0.3 is 11.9 Å². The molecule has 0 spiro atoms. The summed E-state index contributed by atoms with van der Waals surface area (Å²) in [6.45, 7) is 20.4. The largest absolute Gasteiger partial charge is 0.481 e. The van der Waals surface area contributed by atoms with E-state index in [0.717, 1.165) is 62.8 Å². The Balaban J connectivity index is 1.24. The van der Waals surface area contributed by atoms with Gasteiger partial charge in [0.25, 0.3) is 0 Å². The SMILES string of the molecule is CC(C)C1=C2[C@H]3CC[C@@H]4[C@@]5(C)CC[C@H](OC(=O)CC(C)(C)C(=O)O)C(C)(C)C5CC[C@@]4(C)[C@]3(C)CC[C@@]2(c2nnc(-c3ccc(F)cn3)n2CCN)CC1=O. The summed E-state index contributed by atoms with van der Waals surface area (Å²) in [5, 5.41) is 19.2. The Morgan fingerprint density at radius 2 is 1.73 bits per heavy atom. The molecule has 0 amide bonds. The predicted octanol–water partition coefficient (Wildman–Crippen LogP) is 8.08. The predicted molar refractivity (Wildman–Crippen MR) is 207 cm³/mol. The Kier molecular flexibility index (Phi) is 9.62. The van der Waals surface area contributed by atoms with Crippen LogP contribution in [0, 0.1) is 56.6 Å². The van der Waals surface area contributed by atoms with Gasteiger partial charge in [-0.15, -0.1) is 10.2 Å². The normalized spacial score (nSPS) is 35.5. The maximum absolute atomic E-state index is 14.4. The molecule has 2 heterocycles. The van der Waals surface area contributed by atoms with Crippen molar-refractivity contribution in [2.75, 3.05) is 6.54 Å². The van der Waals surface area contributed by atoms with Gasteiger partial charge in [0.15, 0.2) is 11.6 Å². The number of halogens is 1. The van der Waals surface area contributed by atoms with E-state index in [0.29, 0.717) is 42.9 Å². The fraction of sp³-hybridized carbons (Fsp3) is 0.727. The van der Waals surface area contributed by atoms with Gasteiger partial charge in [-0.05, 0) is 128 Å². The first-order valence-corrected chi connectivity index (χ1v) is 20.6. The number of carboxylic acids is 1. The van der Waals surface area contributed by atoms with Gasteiger partial charge in [0, 0.05) is 24.9 Å². The summed E-state index contributed by atoms with van der Waals surface area (Å²) in [7, 11) is 0. The first-order chi connectivity index (χ1) is 25.7. The van der Waals surface area contributed by atoms with Crippen molar-refractivity contribution in [3.63, 3.8) is 0 Å². The molecular weight excluding hydrogens is 698 g/mol. The zero-order chi connectivity index (χ0) is 40.1. The molecule has 11 heteroatoms. The minimum atomic E-state index is -1.18. The third kappa shape index (κ3) is 5.78. The highest BCUT2D eigenvalue weighted by molar-refractivity contribution is 6.01. The van der Waals surface area contributed by atoms with Crippen molar-refractivity contribution in [1.29, 1.82) is 0 Å². The first kappa shape index (κ1) is 39.8. The molecule has 5 aliphatic rings. The van der Waals surface area contributed by atoms with Crippen LogP contribution in [0.2, 0.25) is 0 Å². The van der Waals surface area contributed by atoms with E-state index < -0.39 is 28.6 Å². The molecule has 1 unspecified atom stereocenters. The molecule has 300 valence electrons. The highest BCUT2D eigenvalue weighted by Gasteiger charge is 2.71. The van der Waals surface area contributed by atoms with Crippen LogP contribution in [0.1, 0.15) is 132 Å². The van der Waals surface area contributed by atoms with Gasteiger partial charge in [-0.2, -0.15) is 0 Å². The van der Waals surface area contributed by atoms with Gasteiger partial charge in [0.1, 0.15) is 23.4 Å². The lowest BCUT2D eigenvalue weighted by Crippen LogP contribution is -2.66. The molecule has 0 saturated heterocycles. The minimum Gasteiger partial charge on any atom is -0.481 e. The highest BCUT2D eigenvalue weighted by Crippen LogP contribution is 2.76. The van der Waals surface area contributed by atoms with E-state index in [1.54, 1.807) is 19.9 Å². The maximum atomic E-state index is 14.4. The van der Waals surface area contributed by atoms with Crippen LogP contribution in [-0.4, -0.2) is 55.2 Å². The van der Waals surface area contributed by atoms with Gasteiger partial charge in [-0.1, -0.05) is 48.5 Å². The first-order valence-electron chi connectivity index (χ1n) is 20.6. The summed E-state index contributed by atoms with van der Waals surface area (Å²) in [4.78, 5) is 43.6. The fourth-order valence-corrected chi connectivity index (χ4v) is 13.4. The number of aliphatic carboxylic acids is 1. The third-order valence-corrected chi connectivity index (χ3v) is 16.3. The second-order valence-corrected chi connectivity index (χ2v) is 20.1. The Morgan fingerprint density at radius 1 is 1.00 bits per heavy atom. The van der Waals surface area contributed by atoms with Crippen molar-refractivity contribution in [3.05, 3.63) is 41.1 Å². The van der Waals surface area contributed by atoms with Gasteiger partial charge in [0.2, 0.25) is 0 Å². The van der Waals surface area contributed by atoms with E-state index in [-0.39, 0.29) is 51.8 Å². The van der Waals surface area contributed by atoms with Crippen LogP contribution in [-0.2, 0) is 31.1 Å². The summed E-state index contributed by atoms with van der Waals surface area (Å²) in [6.07, 6.45) is 8.72. The second-order valence-electron chi connectivity index (χ2n) is 20.1. The Labute approximate surface area is 325 Å². The summed E-state index contributed by atoms with van der Waals surface area (Å²) >= 11 is 0. The lowest BCUT2D eigenvalue weighted by atomic mass is 9.33. The number of fused-ring (bicyclic) bond motifs is 7. The van der Waals surface area contributed by atoms with Gasteiger partial charge in [0.05, 0.1) is 23.4 Å². The number of nitrogens with zero attached hydrogens (tertiary/aromatic N) is 4. The molecule has 5 aliphatic carbocycles. The summed E-state index contributed by atoms with van der Waals surface area (Å²) in [5.74, 6) is 0.737. The molecule has 4 fully saturated rings. The quantitative estimate of drug-likeness (QED) is 0.242. The number of hydrogen-bond donors (Lipinski definition) is 2. The molecule has 0 aliphatic heterocycles. The lowest BCUT2D eigenvalue weighted by Gasteiger charge is -2.72. The van der Waals surface area contributed by atoms with Gasteiger partial charge in [-0.25, -0.2) is 9.37 Å². The van der Waals surface area contributed by atoms with Crippen LogP contribution in [0.5, 0.6) is 0 Å². The zero-order valence-electron chi connectivity index (χ0n) is 34.4. The molecule has 2 aromatic heterocycles. The number of allylic oxidation sites excluding steroid dienone is 2. The molecule has 7 rings (SSSR count). The molecule has 2 aromatic rings. The van der Waals surface area contributed by atoms with Crippen LogP contribution in [0.4, 0.5) is 4.39 Å². The van der Waals surface area contributed by atoms with E-state index in [1.807, 2.05) is 0 Å². The number of carboxylic acid groups (broad SMARTS) is 1. The molecule has 3 N–H and O–H groups in total. The van der Waals surface area contributed by atoms with Crippen LogP contribution in [0.15, 0.2) is 29.5 Å². The number of hydrogen-bond acceptors (Lipinski definition) is 8. The Morgan fingerprint density at radius 3 is 2.36 bits per heavy atom. The van der Waals surface area contributed by atoms with E-state index in [9.17, 15) is 23.9 Å². The summed E-state index contributed by atoms with van der Waals surface area (Å²) in [6, 6.07) is 3.01. The number of carbonyl (C=O) groups is 3. The standard InChI is InChI=1S/C44H62FN5O5/c1-25(2)34-29(51)22-44(37-49-48-36(50(37)21-20-46)28-12-10-26(45)24-47-28)19-18-42(8)27(35(34)44)11-13-31-41(7)16-15-32(55-33(52)23-39(3,4)38(53)54)40(5,6)30(41)14-17-43(31,42)9/h10,12,24-25,27,30-32H,11,13-23,46H2,1-9H3,(H,53,54)/t27-,30?,31-,32+,41+,42-,43-,44-/m1/s1. The average molecular weight is 760 g/mol. The molecule has 0 bridgehead atoms. The highest BCUT2D eigenvalue weighted by atomic mass is 19.1. The number of ether oxygens (including phenoxy) is 1. The lowest BCUT2D eigenvalue weighted by molar-refractivity contribution is -0.232. The maximum Gasteiger partial charge on any atom is 0.309 e. The molecule has 10 nitrogen and oxygen atoms in total. The molecule has 4 saturated carbocycles. The number of carbonyl (C=O) groups excluding carboxylic acids is 2. The van der Waals surface area contributed by atoms with Crippen LogP contribution < -0.4 is 5.73 Å². The Hall–Kier alpha value is -3.47. The Bertz CT molecular complexity index is 1920. The number of esters is 1. The monoisotopic (exact) mass is 759 g/mol. The minimum absolute atomic E-state index is 0.00722. The number of nitrogens with two attached hydrogens (primary N) is 1. The number of aromatic nitrogens is 4.